The molecule has 0 aliphatic carbocycles. The quantitative estimate of drug-likeness (QED) is 0.376. The summed E-state index contributed by atoms with van der Waals surface area (Å²) in [5.74, 6) is -2.12. The summed E-state index contributed by atoms with van der Waals surface area (Å²) in [4.78, 5) is 42.0. The summed E-state index contributed by atoms with van der Waals surface area (Å²) in [5.41, 5.74) is 7.37. The Balaban J connectivity index is 1.72. The van der Waals surface area contributed by atoms with Gasteiger partial charge in [0.2, 0.25) is 0 Å². The van der Waals surface area contributed by atoms with Crippen molar-refractivity contribution < 1.29 is 14.4 Å². The van der Waals surface area contributed by atoms with Crippen LogP contribution in [0, 0.1) is 6.92 Å². The lowest BCUT2D eigenvalue weighted by Gasteiger charge is -2.13. The fraction of sp³-hybridized carbons (Fsp3) is 0.150. The molecular weight excluding hydrogens is 344 g/mol. The molecule has 138 valence electrons. The summed E-state index contributed by atoms with van der Waals surface area (Å²) >= 11 is 0. The molecule has 0 aliphatic heterocycles. The fourth-order valence-electron chi connectivity index (χ4n) is 2.85. The number of carbonyl (C=O) groups excluding carboxylic acids is 3. The molecule has 0 saturated carbocycles. The number of aromatic nitrogens is 1. The number of hydrogen-bond donors (Lipinski definition) is 3. The summed E-state index contributed by atoms with van der Waals surface area (Å²) < 4.78 is 0. The van der Waals surface area contributed by atoms with Gasteiger partial charge in [-0.1, -0.05) is 24.3 Å². The average Bonchev–Trinajstić information content (AvgIpc) is 3.00. The summed E-state index contributed by atoms with van der Waals surface area (Å²) in [5, 5.41) is 0.667. The average molecular weight is 364 g/mol. The number of amides is 2. The number of Topliss-reactive ketones (excluding diaryl/α,β-unsaturated/α-hetero) is 1. The normalized spacial score (nSPS) is 10.5. The lowest BCUT2D eigenvalue weighted by atomic mass is 10.1. The first-order valence-corrected chi connectivity index (χ1v) is 8.38. The van der Waals surface area contributed by atoms with Crippen molar-refractivity contribution in [3.63, 3.8) is 0 Å². The van der Waals surface area contributed by atoms with Crippen molar-refractivity contribution in [2.75, 3.05) is 19.0 Å². The van der Waals surface area contributed by atoms with Crippen LogP contribution in [0.3, 0.4) is 0 Å². The smallest absolute Gasteiger partial charge is 0.310 e. The number of para-hydroxylation sites is 1. The number of H-pyrrole nitrogens is 1. The lowest BCUT2D eigenvalue weighted by molar-refractivity contribution is -0.117. The van der Waals surface area contributed by atoms with Crippen LogP contribution < -0.4 is 15.8 Å². The highest BCUT2D eigenvalue weighted by atomic mass is 16.2. The topological polar surface area (TPSA) is 94.3 Å². The molecular formula is C20H20N4O3. The van der Waals surface area contributed by atoms with E-state index < -0.39 is 17.6 Å². The Morgan fingerprint density at radius 2 is 1.70 bits per heavy atom. The van der Waals surface area contributed by atoms with E-state index in [4.69, 9.17) is 0 Å². The third kappa shape index (κ3) is 3.67. The van der Waals surface area contributed by atoms with Crippen molar-refractivity contribution in [1.29, 1.82) is 0 Å². The number of rotatable bonds is 4. The van der Waals surface area contributed by atoms with Gasteiger partial charge >= 0.3 is 5.91 Å². The van der Waals surface area contributed by atoms with E-state index >= 15 is 0 Å². The van der Waals surface area contributed by atoms with Crippen molar-refractivity contribution in [3.05, 3.63) is 65.4 Å². The Morgan fingerprint density at radius 3 is 2.44 bits per heavy atom. The number of carbonyl (C=O) groups is 3. The Hall–Kier alpha value is -3.61. The van der Waals surface area contributed by atoms with Crippen molar-refractivity contribution in [1.82, 2.24) is 15.8 Å². The van der Waals surface area contributed by atoms with Crippen LogP contribution in [0.1, 0.15) is 26.4 Å². The highest BCUT2D eigenvalue weighted by Crippen LogP contribution is 2.22. The molecule has 0 unspecified atom stereocenters. The Labute approximate surface area is 156 Å². The molecule has 27 heavy (non-hydrogen) atoms. The van der Waals surface area contributed by atoms with E-state index in [1.807, 2.05) is 37.2 Å². The second-order valence-electron chi connectivity index (χ2n) is 6.35. The van der Waals surface area contributed by atoms with E-state index in [-0.39, 0.29) is 0 Å². The Kier molecular flexibility index (Phi) is 4.94. The molecule has 3 rings (SSSR count). The summed E-state index contributed by atoms with van der Waals surface area (Å²) in [6.45, 7) is 1.73. The van der Waals surface area contributed by atoms with E-state index in [9.17, 15) is 14.4 Å². The van der Waals surface area contributed by atoms with Gasteiger partial charge in [0.1, 0.15) is 0 Å². The Morgan fingerprint density at radius 1 is 0.963 bits per heavy atom. The molecule has 1 aromatic heterocycles. The molecule has 3 N–H and O–H groups in total. The fourth-order valence-corrected chi connectivity index (χ4v) is 2.85. The predicted octanol–water partition coefficient (Wildman–Crippen LogP) is 2.19. The number of ketones is 1. The maximum atomic E-state index is 12.5. The van der Waals surface area contributed by atoms with Crippen molar-refractivity contribution in [2.24, 2.45) is 0 Å². The molecule has 3 aromatic rings. The van der Waals surface area contributed by atoms with Crippen LogP contribution in [-0.4, -0.2) is 36.7 Å². The maximum Gasteiger partial charge on any atom is 0.310 e. The van der Waals surface area contributed by atoms with Crippen LogP contribution in [0.4, 0.5) is 5.69 Å². The van der Waals surface area contributed by atoms with E-state index in [1.54, 1.807) is 37.3 Å². The molecule has 7 nitrogen and oxygen atoms in total. The van der Waals surface area contributed by atoms with Gasteiger partial charge in [-0.05, 0) is 31.2 Å². The van der Waals surface area contributed by atoms with Crippen LogP contribution in [0.5, 0.6) is 0 Å². The number of nitrogens with zero attached hydrogens (tertiary/aromatic N) is 1. The number of nitrogens with one attached hydrogen (secondary N) is 3. The largest absolute Gasteiger partial charge is 0.378 e. The number of fused-ring (bicyclic) bond motifs is 1. The van der Waals surface area contributed by atoms with Gasteiger partial charge in [-0.15, -0.1) is 0 Å². The predicted molar refractivity (Wildman–Crippen MR) is 104 cm³/mol. The third-order valence-electron chi connectivity index (χ3n) is 4.24. The van der Waals surface area contributed by atoms with Crippen molar-refractivity contribution in [3.8, 4) is 0 Å². The first-order chi connectivity index (χ1) is 12.9. The van der Waals surface area contributed by atoms with E-state index in [0.717, 1.165) is 11.2 Å². The molecule has 1 heterocycles. The standard InChI is InChI=1S/C20H20N4O3/c1-12-17(15-9-4-5-10-16(15)21-12)18(25)20(27)23-22-19(26)13-7-6-8-14(11-13)24(2)3/h4-11,21H,1-3H3,(H,22,26)(H,23,27). The number of aromatic amines is 1. The van der Waals surface area contributed by atoms with Gasteiger partial charge < -0.3 is 9.88 Å². The molecule has 0 spiro atoms. The van der Waals surface area contributed by atoms with Crippen LogP contribution >= 0.6 is 0 Å². The second kappa shape index (κ2) is 7.33. The number of aryl methyl sites for hydroxylation is 1. The van der Waals surface area contributed by atoms with Gasteiger partial charge in [-0.3, -0.25) is 25.2 Å². The monoisotopic (exact) mass is 364 g/mol. The minimum atomic E-state index is -0.903. The third-order valence-corrected chi connectivity index (χ3v) is 4.24. The van der Waals surface area contributed by atoms with E-state index in [2.05, 4.69) is 15.8 Å². The zero-order valence-electron chi connectivity index (χ0n) is 15.3. The van der Waals surface area contributed by atoms with Gasteiger partial charge in [0.05, 0.1) is 5.56 Å². The second-order valence-corrected chi connectivity index (χ2v) is 6.35. The molecule has 2 amide bonds. The molecule has 0 aliphatic rings. The van der Waals surface area contributed by atoms with E-state index in [1.165, 1.54) is 0 Å². The highest BCUT2D eigenvalue weighted by Gasteiger charge is 2.23. The van der Waals surface area contributed by atoms with Gasteiger partial charge in [0, 0.05) is 41.9 Å². The number of hydrogen-bond acceptors (Lipinski definition) is 4. The minimum absolute atomic E-state index is 0.298. The van der Waals surface area contributed by atoms with Gasteiger partial charge in [-0.2, -0.15) is 0 Å². The zero-order valence-corrected chi connectivity index (χ0v) is 15.3. The number of hydrazine groups is 1. The van der Waals surface area contributed by atoms with Crippen LogP contribution in [0.25, 0.3) is 10.9 Å². The number of benzene rings is 2. The van der Waals surface area contributed by atoms with E-state index in [0.29, 0.717) is 22.2 Å². The molecule has 0 atom stereocenters. The lowest BCUT2D eigenvalue weighted by Crippen LogP contribution is -2.45. The van der Waals surface area contributed by atoms with Gasteiger partial charge in [0.25, 0.3) is 11.7 Å². The van der Waals surface area contributed by atoms with Crippen molar-refractivity contribution >= 4 is 34.2 Å². The summed E-state index contributed by atoms with van der Waals surface area (Å²) in [6.07, 6.45) is 0. The molecule has 0 radical (unpaired) electrons. The molecule has 7 heteroatoms. The SMILES string of the molecule is Cc1[nH]c2ccccc2c1C(=O)C(=O)NNC(=O)c1cccc(N(C)C)c1. The molecule has 0 saturated heterocycles. The first-order valence-electron chi connectivity index (χ1n) is 8.38. The van der Waals surface area contributed by atoms with Crippen molar-refractivity contribution in [2.45, 2.75) is 6.92 Å². The van der Waals surface area contributed by atoms with Crippen LogP contribution in [-0.2, 0) is 4.79 Å². The Bertz CT molecular complexity index is 1040. The summed E-state index contributed by atoms with van der Waals surface area (Å²) in [6, 6.07) is 14.2. The first kappa shape index (κ1) is 18.2. The number of anilines is 1. The van der Waals surface area contributed by atoms with Crippen LogP contribution in [0.15, 0.2) is 48.5 Å². The zero-order chi connectivity index (χ0) is 19.6. The van der Waals surface area contributed by atoms with Crippen LogP contribution in [0.2, 0.25) is 0 Å². The minimum Gasteiger partial charge on any atom is -0.378 e. The molecule has 0 fully saturated rings. The highest BCUT2D eigenvalue weighted by molar-refractivity contribution is 6.45. The summed E-state index contributed by atoms with van der Waals surface area (Å²) in [7, 11) is 3.72. The van der Waals surface area contributed by atoms with Gasteiger partial charge in [-0.25, -0.2) is 0 Å². The van der Waals surface area contributed by atoms with Gasteiger partial charge in [0.15, 0.2) is 0 Å². The molecule has 0 bridgehead atoms. The maximum absolute atomic E-state index is 12.5. The molecule has 2 aromatic carbocycles.